The summed E-state index contributed by atoms with van der Waals surface area (Å²) in [6, 6.07) is 5.58. The minimum Gasteiger partial charge on any atom is -0.398 e. The minimum atomic E-state index is 0.0101. The minimum absolute atomic E-state index is 0.0101. The largest absolute Gasteiger partial charge is 0.398 e. The first-order valence-corrected chi connectivity index (χ1v) is 7.46. The molecule has 3 N–H and O–H groups in total. The molecule has 5 nitrogen and oxygen atoms in total. The molecule has 21 heavy (non-hydrogen) atoms. The Morgan fingerprint density at radius 1 is 1.24 bits per heavy atom. The Kier molecular flexibility index (Phi) is 7.19. The fourth-order valence-corrected chi connectivity index (χ4v) is 2.11. The zero-order valence-corrected chi connectivity index (χ0v) is 13.6. The molecule has 1 aromatic carbocycles. The van der Waals surface area contributed by atoms with Crippen LogP contribution in [-0.2, 0) is 4.79 Å². The Balaban J connectivity index is 2.58. The van der Waals surface area contributed by atoms with Crippen molar-refractivity contribution >= 4 is 17.3 Å². The molecule has 0 unspecified atom stereocenters. The molecule has 0 atom stereocenters. The van der Waals surface area contributed by atoms with E-state index in [0.29, 0.717) is 12.2 Å². The van der Waals surface area contributed by atoms with Gasteiger partial charge >= 0.3 is 0 Å². The first kappa shape index (κ1) is 17.5. The average molecular weight is 292 g/mol. The fraction of sp³-hybridized carbons (Fsp3) is 0.562. The van der Waals surface area contributed by atoms with Crippen LogP contribution in [-0.4, -0.2) is 56.0 Å². The molecule has 0 radical (unpaired) electrons. The number of hydrogen-bond donors (Lipinski definition) is 2. The third kappa shape index (κ3) is 6.14. The topological polar surface area (TPSA) is 61.6 Å². The summed E-state index contributed by atoms with van der Waals surface area (Å²) in [5, 5.41) is 2.95. The molecule has 0 aliphatic heterocycles. The first-order valence-electron chi connectivity index (χ1n) is 7.46. The van der Waals surface area contributed by atoms with Gasteiger partial charge < -0.3 is 16.0 Å². The molecular formula is C16H28N4O. The number of benzene rings is 1. The molecule has 1 amide bonds. The van der Waals surface area contributed by atoms with Crippen LogP contribution < -0.4 is 11.1 Å². The van der Waals surface area contributed by atoms with E-state index in [4.69, 9.17) is 5.73 Å². The molecule has 0 fully saturated rings. The number of carbonyl (C=O) groups excluding carboxylic acids is 1. The van der Waals surface area contributed by atoms with Crippen LogP contribution in [0.5, 0.6) is 0 Å². The van der Waals surface area contributed by atoms with Gasteiger partial charge in [0, 0.05) is 24.5 Å². The summed E-state index contributed by atoms with van der Waals surface area (Å²) in [5.41, 5.74) is 8.27. The van der Waals surface area contributed by atoms with E-state index < -0.39 is 0 Å². The first-order chi connectivity index (χ1) is 9.93. The van der Waals surface area contributed by atoms with E-state index in [9.17, 15) is 4.79 Å². The van der Waals surface area contributed by atoms with Crippen molar-refractivity contribution in [1.29, 1.82) is 0 Å². The highest BCUT2D eigenvalue weighted by Crippen LogP contribution is 2.20. The van der Waals surface area contributed by atoms with Crippen LogP contribution in [0.4, 0.5) is 11.4 Å². The van der Waals surface area contributed by atoms with Crippen molar-refractivity contribution in [2.75, 3.05) is 51.3 Å². The van der Waals surface area contributed by atoms with Gasteiger partial charge in [-0.15, -0.1) is 0 Å². The number of hydrogen-bond acceptors (Lipinski definition) is 4. The van der Waals surface area contributed by atoms with Crippen molar-refractivity contribution < 1.29 is 4.79 Å². The lowest BCUT2D eigenvalue weighted by atomic mass is 10.1. The summed E-state index contributed by atoms with van der Waals surface area (Å²) in [6.45, 7) is 7.23. The number of nitrogens with two attached hydrogens (primary N) is 1. The van der Waals surface area contributed by atoms with Crippen molar-refractivity contribution in [2.45, 2.75) is 20.3 Å². The molecule has 0 aromatic heterocycles. The number of anilines is 2. The van der Waals surface area contributed by atoms with E-state index in [1.54, 1.807) is 0 Å². The Hall–Kier alpha value is -1.59. The lowest BCUT2D eigenvalue weighted by Gasteiger charge is -2.23. The second-order valence-corrected chi connectivity index (χ2v) is 5.65. The maximum atomic E-state index is 12.2. The van der Waals surface area contributed by atoms with E-state index >= 15 is 0 Å². The third-order valence-corrected chi connectivity index (χ3v) is 3.42. The summed E-state index contributed by atoms with van der Waals surface area (Å²) >= 11 is 0. The Morgan fingerprint density at radius 3 is 2.57 bits per heavy atom. The van der Waals surface area contributed by atoms with Crippen LogP contribution in [0, 0.1) is 6.92 Å². The van der Waals surface area contributed by atoms with Gasteiger partial charge in [-0.05, 0) is 51.7 Å². The second kappa shape index (κ2) is 8.64. The standard InChI is InChI=1S/C16H28N4O/c1-5-9-20(11-10-19(3)4)12-16(21)18-15-8-6-7-14(17)13(15)2/h6-8H,5,9-12,17H2,1-4H3,(H,18,21). The number of rotatable bonds is 8. The Morgan fingerprint density at radius 2 is 1.95 bits per heavy atom. The van der Waals surface area contributed by atoms with Crippen LogP contribution >= 0.6 is 0 Å². The van der Waals surface area contributed by atoms with Gasteiger partial charge in [0.1, 0.15) is 0 Å². The summed E-state index contributed by atoms with van der Waals surface area (Å²) in [4.78, 5) is 16.5. The molecule has 0 saturated carbocycles. The number of likely N-dealkylation sites (N-methyl/N-ethyl adjacent to an activating group) is 1. The summed E-state index contributed by atoms with van der Waals surface area (Å²) in [7, 11) is 4.08. The average Bonchev–Trinajstić information content (AvgIpc) is 2.41. The van der Waals surface area contributed by atoms with Gasteiger partial charge in [0.05, 0.1) is 6.54 Å². The number of nitrogens with zero attached hydrogens (tertiary/aromatic N) is 2. The fourth-order valence-electron chi connectivity index (χ4n) is 2.11. The molecule has 0 heterocycles. The second-order valence-electron chi connectivity index (χ2n) is 5.65. The molecule has 1 rings (SSSR count). The molecule has 1 aromatic rings. The lowest BCUT2D eigenvalue weighted by Crippen LogP contribution is -2.38. The maximum Gasteiger partial charge on any atom is 0.238 e. The highest BCUT2D eigenvalue weighted by molar-refractivity contribution is 5.93. The van der Waals surface area contributed by atoms with Gasteiger partial charge in [-0.25, -0.2) is 0 Å². The number of amides is 1. The summed E-state index contributed by atoms with van der Waals surface area (Å²) in [6.07, 6.45) is 1.04. The molecule has 0 bridgehead atoms. The van der Waals surface area contributed by atoms with Crippen molar-refractivity contribution in [2.24, 2.45) is 0 Å². The van der Waals surface area contributed by atoms with Crippen LogP contribution in [0.3, 0.4) is 0 Å². The monoisotopic (exact) mass is 292 g/mol. The normalized spacial score (nSPS) is 11.1. The molecule has 0 aliphatic carbocycles. The smallest absolute Gasteiger partial charge is 0.238 e. The Bertz CT molecular complexity index is 460. The SMILES string of the molecule is CCCN(CCN(C)C)CC(=O)Nc1cccc(N)c1C. The zero-order chi connectivity index (χ0) is 15.8. The highest BCUT2D eigenvalue weighted by Gasteiger charge is 2.12. The van der Waals surface area contributed by atoms with E-state index in [-0.39, 0.29) is 5.91 Å². The van der Waals surface area contributed by atoms with Crippen molar-refractivity contribution in [1.82, 2.24) is 9.80 Å². The molecule has 118 valence electrons. The van der Waals surface area contributed by atoms with Gasteiger partial charge in [0.2, 0.25) is 5.91 Å². The van der Waals surface area contributed by atoms with Gasteiger partial charge in [0.15, 0.2) is 0 Å². The number of nitrogens with one attached hydrogen (secondary N) is 1. The van der Waals surface area contributed by atoms with Gasteiger partial charge in [-0.2, -0.15) is 0 Å². The molecular weight excluding hydrogens is 264 g/mol. The number of carbonyl (C=O) groups is 1. The van der Waals surface area contributed by atoms with Crippen LogP contribution in [0.1, 0.15) is 18.9 Å². The van der Waals surface area contributed by atoms with E-state index in [2.05, 4.69) is 22.0 Å². The van der Waals surface area contributed by atoms with Crippen molar-refractivity contribution in [3.63, 3.8) is 0 Å². The number of nitrogen functional groups attached to an aromatic ring is 1. The highest BCUT2D eigenvalue weighted by atomic mass is 16.2. The quantitative estimate of drug-likeness (QED) is 0.717. The molecule has 5 heteroatoms. The lowest BCUT2D eigenvalue weighted by molar-refractivity contribution is -0.117. The molecule has 0 spiro atoms. The van der Waals surface area contributed by atoms with E-state index in [0.717, 1.165) is 37.3 Å². The van der Waals surface area contributed by atoms with E-state index in [1.807, 2.05) is 39.2 Å². The van der Waals surface area contributed by atoms with Crippen LogP contribution in [0.2, 0.25) is 0 Å². The predicted molar refractivity (Wildman–Crippen MR) is 89.5 cm³/mol. The third-order valence-electron chi connectivity index (χ3n) is 3.42. The van der Waals surface area contributed by atoms with Gasteiger partial charge in [-0.1, -0.05) is 13.0 Å². The molecule has 0 aliphatic rings. The van der Waals surface area contributed by atoms with Crippen LogP contribution in [0.25, 0.3) is 0 Å². The van der Waals surface area contributed by atoms with Crippen LogP contribution in [0.15, 0.2) is 18.2 Å². The predicted octanol–water partition coefficient (Wildman–Crippen LogP) is 1.79. The van der Waals surface area contributed by atoms with Crippen molar-refractivity contribution in [3.05, 3.63) is 23.8 Å². The molecule has 0 saturated heterocycles. The van der Waals surface area contributed by atoms with Gasteiger partial charge in [0.25, 0.3) is 0 Å². The van der Waals surface area contributed by atoms with Gasteiger partial charge in [-0.3, -0.25) is 9.69 Å². The summed E-state index contributed by atoms with van der Waals surface area (Å²) in [5.74, 6) is 0.0101. The summed E-state index contributed by atoms with van der Waals surface area (Å²) < 4.78 is 0. The van der Waals surface area contributed by atoms with E-state index in [1.165, 1.54) is 0 Å². The Labute approximate surface area is 128 Å². The zero-order valence-electron chi connectivity index (χ0n) is 13.6. The van der Waals surface area contributed by atoms with Crippen molar-refractivity contribution in [3.8, 4) is 0 Å². The maximum absolute atomic E-state index is 12.2.